The molecule has 3 rings (SSSR count). The molecule has 2 aromatic carbocycles. The summed E-state index contributed by atoms with van der Waals surface area (Å²) in [6.07, 6.45) is 1.43. The molecule has 0 bridgehead atoms. The number of amides is 1. The van der Waals surface area contributed by atoms with Gasteiger partial charge in [-0.25, -0.2) is 8.42 Å². The van der Waals surface area contributed by atoms with Gasteiger partial charge in [-0.3, -0.25) is 14.4 Å². The zero-order valence-electron chi connectivity index (χ0n) is 18.4. The molecular formula is C22H26N4O3S3. The molecule has 7 nitrogen and oxygen atoms in total. The van der Waals surface area contributed by atoms with E-state index in [2.05, 4.69) is 15.5 Å². The fraction of sp³-hybridized carbons (Fsp3) is 0.318. The van der Waals surface area contributed by atoms with Gasteiger partial charge in [0, 0.05) is 5.75 Å². The van der Waals surface area contributed by atoms with Crippen LogP contribution in [0.15, 0.2) is 52.9 Å². The molecule has 1 aromatic heterocycles. The summed E-state index contributed by atoms with van der Waals surface area (Å²) in [6, 6.07) is 14.7. The first kappa shape index (κ1) is 24.2. The minimum Gasteiger partial charge on any atom is -0.299 e. The number of anilines is 2. The van der Waals surface area contributed by atoms with Gasteiger partial charge in [-0.1, -0.05) is 72.5 Å². The third-order valence-corrected chi connectivity index (χ3v) is 7.98. The van der Waals surface area contributed by atoms with Crippen LogP contribution in [0.3, 0.4) is 0 Å². The van der Waals surface area contributed by atoms with Crippen molar-refractivity contribution in [1.29, 1.82) is 0 Å². The number of aryl methyl sites for hydroxylation is 2. The van der Waals surface area contributed by atoms with E-state index in [-0.39, 0.29) is 0 Å². The summed E-state index contributed by atoms with van der Waals surface area (Å²) >= 11 is 2.80. The Morgan fingerprint density at radius 2 is 1.88 bits per heavy atom. The van der Waals surface area contributed by atoms with Crippen molar-refractivity contribution in [3.63, 3.8) is 0 Å². The second-order valence-electron chi connectivity index (χ2n) is 7.41. The summed E-state index contributed by atoms with van der Waals surface area (Å²) in [5.74, 6) is 0.310. The molecule has 32 heavy (non-hydrogen) atoms. The van der Waals surface area contributed by atoms with Crippen molar-refractivity contribution in [1.82, 2.24) is 10.2 Å². The number of rotatable bonds is 9. The lowest BCUT2D eigenvalue weighted by molar-refractivity contribution is -0.117. The highest BCUT2D eigenvalue weighted by atomic mass is 32.2. The molecule has 10 heteroatoms. The second-order valence-corrected chi connectivity index (χ2v) is 11.5. The van der Waals surface area contributed by atoms with E-state index in [1.807, 2.05) is 56.3 Å². The number of benzene rings is 2. The van der Waals surface area contributed by atoms with Crippen molar-refractivity contribution < 1.29 is 13.2 Å². The quantitative estimate of drug-likeness (QED) is 0.347. The number of carbonyl (C=O) groups excluding carboxylic acids is 1. The third kappa shape index (κ3) is 6.08. The van der Waals surface area contributed by atoms with Crippen molar-refractivity contribution in [2.75, 3.05) is 15.9 Å². The summed E-state index contributed by atoms with van der Waals surface area (Å²) in [4.78, 5) is 13.1. The van der Waals surface area contributed by atoms with Gasteiger partial charge in [0.25, 0.3) is 0 Å². The van der Waals surface area contributed by atoms with Gasteiger partial charge in [0.05, 0.1) is 11.9 Å². The van der Waals surface area contributed by atoms with Crippen LogP contribution in [-0.4, -0.2) is 36.8 Å². The van der Waals surface area contributed by atoms with Gasteiger partial charge in [0.2, 0.25) is 21.1 Å². The van der Waals surface area contributed by atoms with Gasteiger partial charge in [-0.05, 0) is 43.0 Å². The fourth-order valence-corrected chi connectivity index (χ4v) is 6.19. The van der Waals surface area contributed by atoms with Crippen LogP contribution in [0.5, 0.6) is 0 Å². The van der Waals surface area contributed by atoms with Crippen molar-refractivity contribution in [2.24, 2.45) is 0 Å². The topological polar surface area (TPSA) is 92.3 Å². The summed E-state index contributed by atoms with van der Waals surface area (Å²) < 4.78 is 27.3. The molecule has 1 atom stereocenters. The molecule has 0 spiro atoms. The van der Waals surface area contributed by atoms with Crippen LogP contribution in [-0.2, 0) is 20.6 Å². The van der Waals surface area contributed by atoms with Gasteiger partial charge in [-0.15, -0.1) is 10.2 Å². The van der Waals surface area contributed by atoms with Crippen LogP contribution in [0.4, 0.5) is 10.8 Å². The molecule has 0 radical (unpaired) electrons. The van der Waals surface area contributed by atoms with E-state index < -0.39 is 22.0 Å². The minimum atomic E-state index is -3.70. The number of aromatic nitrogens is 2. The van der Waals surface area contributed by atoms with E-state index in [4.69, 9.17) is 0 Å². The Labute approximate surface area is 197 Å². The first-order valence-electron chi connectivity index (χ1n) is 10.1. The highest BCUT2D eigenvalue weighted by Crippen LogP contribution is 2.30. The molecule has 170 valence electrons. The summed E-state index contributed by atoms with van der Waals surface area (Å²) in [6.45, 7) is 5.51. The van der Waals surface area contributed by atoms with Crippen LogP contribution in [0.1, 0.15) is 30.0 Å². The molecule has 0 unspecified atom stereocenters. The van der Waals surface area contributed by atoms with Gasteiger partial charge < -0.3 is 0 Å². The number of nitrogens with one attached hydrogen (secondary N) is 1. The summed E-state index contributed by atoms with van der Waals surface area (Å²) in [7, 11) is -3.70. The van der Waals surface area contributed by atoms with Gasteiger partial charge >= 0.3 is 0 Å². The van der Waals surface area contributed by atoms with Crippen LogP contribution in [0.2, 0.25) is 0 Å². The first-order chi connectivity index (χ1) is 15.2. The molecule has 1 N–H and O–H groups in total. The fourth-order valence-electron chi connectivity index (χ4n) is 3.22. The van der Waals surface area contributed by atoms with E-state index in [0.717, 1.165) is 27.5 Å². The SMILES string of the molecule is CC[C@H](C(=O)Nc1nnc(SCc2ccccc2)s1)N(c1cc(C)ccc1C)S(C)(=O)=O. The summed E-state index contributed by atoms with van der Waals surface area (Å²) in [5, 5.41) is 11.3. The molecule has 0 saturated heterocycles. The maximum Gasteiger partial charge on any atom is 0.250 e. The van der Waals surface area contributed by atoms with Crippen molar-refractivity contribution >= 4 is 49.8 Å². The Morgan fingerprint density at radius 1 is 1.16 bits per heavy atom. The van der Waals surface area contributed by atoms with Gasteiger partial charge in [0.15, 0.2) is 4.34 Å². The number of hydrogen-bond donors (Lipinski definition) is 1. The highest BCUT2D eigenvalue weighted by Gasteiger charge is 2.33. The number of carbonyl (C=O) groups is 1. The molecule has 0 aliphatic rings. The molecule has 0 saturated carbocycles. The number of thioether (sulfide) groups is 1. The van der Waals surface area contributed by atoms with E-state index in [0.29, 0.717) is 17.2 Å². The van der Waals surface area contributed by atoms with Crippen LogP contribution < -0.4 is 9.62 Å². The minimum absolute atomic E-state index is 0.306. The number of nitrogens with zero attached hydrogens (tertiary/aromatic N) is 3. The molecule has 3 aromatic rings. The normalized spacial score (nSPS) is 12.4. The zero-order valence-corrected chi connectivity index (χ0v) is 20.9. The average Bonchev–Trinajstić information content (AvgIpc) is 3.19. The third-order valence-electron chi connectivity index (χ3n) is 4.77. The maximum atomic E-state index is 13.1. The Hall–Kier alpha value is -2.43. The lowest BCUT2D eigenvalue weighted by atomic mass is 10.1. The van der Waals surface area contributed by atoms with Crippen molar-refractivity contribution in [2.45, 2.75) is 43.3 Å². The summed E-state index contributed by atoms with van der Waals surface area (Å²) in [5.41, 5.74) is 3.37. The largest absolute Gasteiger partial charge is 0.299 e. The lowest BCUT2D eigenvalue weighted by Gasteiger charge is -2.31. The lowest BCUT2D eigenvalue weighted by Crippen LogP contribution is -2.47. The standard InChI is InChI=1S/C22H26N4O3S3/c1-5-18(26(32(4,28)29)19-13-15(2)11-12-16(19)3)20(27)23-21-24-25-22(31-21)30-14-17-9-7-6-8-10-17/h6-13,18H,5,14H2,1-4H3,(H,23,24,27)/t18-/m1/s1. The van der Waals surface area contributed by atoms with Crippen LogP contribution in [0, 0.1) is 13.8 Å². The van der Waals surface area contributed by atoms with E-state index >= 15 is 0 Å². The predicted molar refractivity (Wildman–Crippen MR) is 132 cm³/mol. The van der Waals surface area contributed by atoms with E-state index in [1.165, 1.54) is 33.0 Å². The van der Waals surface area contributed by atoms with Crippen molar-refractivity contribution in [3.8, 4) is 0 Å². The van der Waals surface area contributed by atoms with Crippen LogP contribution >= 0.6 is 23.1 Å². The molecule has 1 amide bonds. The van der Waals surface area contributed by atoms with Gasteiger partial charge in [-0.2, -0.15) is 0 Å². The van der Waals surface area contributed by atoms with Gasteiger partial charge in [0.1, 0.15) is 6.04 Å². The molecule has 1 heterocycles. The monoisotopic (exact) mass is 490 g/mol. The highest BCUT2D eigenvalue weighted by molar-refractivity contribution is 8.00. The predicted octanol–water partition coefficient (Wildman–Crippen LogP) is 4.63. The Bertz CT molecular complexity index is 1180. The molecule has 0 aliphatic heterocycles. The number of sulfonamides is 1. The Kier molecular flexibility index (Phi) is 7.91. The molecule has 0 fully saturated rings. The molecule has 0 aliphatic carbocycles. The maximum absolute atomic E-state index is 13.1. The smallest absolute Gasteiger partial charge is 0.250 e. The first-order valence-corrected chi connectivity index (χ1v) is 13.7. The van der Waals surface area contributed by atoms with E-state index in [9.17, 15) is 13.2 Å². The zero-order chi connectivity index (χ0) is 23.3. The average molecular weight is 491 g/mol. The van der Waals surface area contributed by atoms with Crippen molar-refractivity contribution in [3.05, 3.63) is 65.2 Å². The molecular weight excluding hydrogens is 464 g/mol. The number of hydrogen-bond acceptors (Lipinski definition) is 7. The Balaban J connectivity index is 1.77. The van der Waals surface area contributed by atoms with E-state index in [1.54, 1.807) is 13.0 Å². The van der Waals surface area contributed by atoms with Crippen LogP contribution in [0.25, 0.3) is 0 Å². The Morgan fingerprint density at radius 3 is 2.53 bits per heavy atom. The second kappa shape index (κ2) is 10.5.